The molecule has 0 aliphatic rings. The van der Waals surface area contributed by atoms with E-state index in [2.05, 4.69) is 9.97 Å². The number of nitrogens with two attached hydrogens (primary N) is 1. The van der Waals surface area contributed by atoms with E-state index in [1.165, 1.54) is 0 Å². The van der Waals surface area contributed by atoms with Gasteiger partial charge in [-0.3, -0.25) is 0 Å². The van der Waals surface area contributed by atoms with Gasteiger partial charge in [-0.15, -0.1) is 0 Å². The number of hydrogen-bond acceptors (Lipinski definition) is 4. The van der Waals surface area contributed by atoms with Crippen molar-refractivity contribution in [2.75, 3.05) is 5.73 Å². The standard InChI is InChI=1S/C12H8ClN3O/c13-10-6-7(4-5-15-10)12-16-11-8(14)2-1-3-9(11)17-12/h1-6H,14H2. The third-order valence-electron chi connectivity index (χ3n) is 2.42. The van der Waals surface area contributed by atoms with Crippen LogP contribution in [0.5, 0.6) is 0 Å². The highest BCUT2D eigenvalue weighted by molar-refractivity contribution is 6.29. The zero-order chi connectivity index (χ0) is 11.8. The van der Waals surface area contributed by atoms with Gasteiger partial charge in [-0.2, -0.15) is 0 Å². The summed E-state index contributed by atoms with van der Waals surface area (Å²) in [5.74, 6) is 0.488. The average molecular weight is 246 g/mol. The van der Waals surface area contributed by atoms with Crippen LogP contribution >= 0.6 is 11.6 Å². The Bertz CT molecular complexity index is 693. The Hall–Kier alpha value is -2.07. The maximum absolute atomic E-state index is 5.82. The van der Waals surface area contributed by atoms with Crippen molar-refractivity contribution in [1.29, 1.82) is 0 Å². The van der Waals surface area contributed by atoms with Gasteiger partial charge in [0.2, 0.25) is 5.89 Å². The number of pyridine rings is 1. The van der Waals surface area contributed by atoms with Gasteiger partial charge < -0.3 is 10.2 Å². The quantitative estimate of drug-likeness (QED) is 0.528. The van der Waals surface area contributed by atoms with Crippen LogP contribution in [0.3, 0.4) is 0 Å². The number of nitrogens with zero attached hydrogens (tertiary/aromatic N) is 2. The molecular formula is C12H8ClN3O. The van der Waals surface area contributed by atoms with Crippen LogP contribution in [0.25, 0.3) is 22.6 Å². The Labute approximate surface area is 102 Å². The first-order chi connectivity index (χ1) is 8.24. The molecular weight excluding hydrogens is 238 g/mol. The largest absolute Gasteiger partial charge is 0.436 e. The minimum Gasteiger partial charge on any atom is -0.436 e. The molecule has 2 aromatic heterocycles. The summed E-state index contributed by atoms with van der Waals surface area (Å²) < 4.78 is 5.61. The maximum atomic E-state index is 5.82. The lowest BCUT2D eigenvalue weighted by atomic mass is 10.3. The normalized spacial score (nSPS) is 10.9. The highest BCUT2D eigenvalue weighted by Gasteiger charge is 2.10. The molecule has 3 aromatic rings. The van der Waals surface area contributed by atoms with Crippen molar-refractivity contribution in [1.82, 2.24) is 9.97 Å². The fourth-order valence-electron chi connectivity index (χ4n) is 1.63. The van der Waals surface area contributed by atoms with E-state index in [1.807, 2.05) is 12.1 Å². The van der Waals surface area contributed by atoms with Crippen LogP contribution in [0.15, 0.2) is 40.9 Å². The number of nitrogen functional groups attached to an aromatic ring is 1. The molecule has 0 aliphatic carbocycles. The zero-order valence-corrected chi connectivity index (χ0v) is 9.48. The highest BCUT2D eigenvalue weighted by atomic mass is 35.5. The molecule has 2 heterocycles. The minimum absolute atomic E-state index is 0.401. The number of fused-ring (bicyclic) bond motifs is 1. The number of rotatable bonds is 1. The molecule has 0 spiro atoms. The van der Waals surface area contributed by atoms with Gasteiger partial charge in [0.25, 0.3) is 0 Å². The molecule has 84 valence electrons. The Balaban J connectivity index is 2.22. The Morgan fingerprint density at radius 3 is 2.88 bits per heavy atom. The number of benzene rings is 1. The number of oxazole rings is 1. The first-order valence-electron chi connectivity index (χ1n) is 5.01. The summed E-state index contributed by atoms with van der Waals surface area (Å²) in [5, 5.41) is 0.401. The van der Waals surface area contributed by atoms with E-state index < -0.39 is 0 Å². The van der Waals surface area contributed by atoms with Crippen molar-refractivity contribution < 1.29 is 4.42 Å². The fraction of sp³-hybridized carbons (Fsp3) is 0. The molecule has 0 aliphatic heterocycles. The molecule has 0 atom stereocenters. The third-order valence-corrected chi connectivity index (χ3v) is 2.63. The van der Waals surface area contributed by atoms with Crippen molar-refractivity contribution >= 4 is 28.4 Å². The van der Waals surface area contributed by atoms with Crippen LogP contribution < -0.4 is 5.73 Å². The van der Waals surface area contributed by atoms with Gasteiger partial charge in [-0.1, -0.05) is 17.7 Å². The Morgan fingerprint density at radius 1 is 1.24 bits per heavy atom. The minimum atomic E-state index is 0.401. The van der Waals surface area contributed by atoms with Gasteiger partial charge >= 0.3 is 0 Å². The molecule has 0 bridgehead atoms. The van der Waals surface area contributed by atoms with Crippen LogP contribution in [-0.2, 0) is 0 Å². The van der Waals surface area contributed by atoms with Crippen molar-refractivity contribution in [3.63, 3.8) is 0 Å². The molecule has 0 radical (unpaired) electrons. The number of halogens is 1. The third kappa shape index (κ3) is 1.72. The molecule has 2 N–H and O–H groups in total. The lowest BCUT2D eigenvalue weighted by Crippen LogP contribution is -1.85. The lowest BCUT2D eigenvalue weighted by molar-refractivity contribution is 0.620. The number of para-hydroxylation sites is 1. The van der Waals surface area contributed by atoms with Crippen LogP contribution in [-0.4, -0.2) is 9.97 Å². The van der Waals surface area contributed by atoms with Crippen LogP contribution in [0.4, 0.5) is 5.69 Å². The molecule has 4 nitrogen and oxygen atoms in total. The van der Waals surface area contributed by atoms with Crippen LogP contribution in [0.1, 0.15) is 0 Å². The summed E-state index contributed by atoms with van der Waals surface area (Å²) in [4.78, 5) is 8.25. The highest BCUT2D eigenvalue weighted by Crippen LogP contribution is 2.27. The second-order valence-electron chi connectivity index (χ2n) is 3.58. The molecule has 0 amide bonds. The van der Waals surface area contributed by atoms with Crippen LogP contribution in [0.2, 0.25) is 5.15 Å². The summed E-state index contributed by atoms with van der Waals surface area (Å²) in [6.07, 6.45) is 1.61. The summed E-state index contributed by atoms with van der Waals surface area (Å²) in [6, 6.07) is 8.92. The topological polar surface area (TPSA) is 64.9 Å². The van der Waals surface area contributed by atoms with E-state index in [4.69, 9.17) is 21.8 Å². The Kier molecular flexibility index (Phi) is 2.23. The molecule has 17 heavy (non-hydrogen) atoms. The summed E-state index contributed by atoms with van der Waals surface area (Å²) in [6.45, 7) is 0. The number of hydrogen-bond donors (Lipinski definition) is 1. The molecule has 0 fully saturated rings. The molecule has 0 saturated heterocycles. The van der Waals surface area contributed by atoms with E-state index in [1.54, 1.807) is 24.4 Å². The molecule has 0 saturated carbocycles. The monoisotopic (exact) mass is 245 g/mol. The number of aromatic nitrogens is 2. The van der Waals surface area contributed by atoms with Gasteiger partial charge in [-0.05, 0) is 24.3 Å². The zero-order valence-electron chi connectivity index (χ0n) is 8.72. The predicted molar refractivity (Wildman–Crippen MR) is 66.7 cm³/mol. The summed E-state index contributed by atoms with van der Waals surface area (Å²) >= 11 is 5.82. The summed E-state index contributed by atoms with van der Waals surface area (Å²) in [5.41, 5.74) is 8.51. The average Bonchev–Trinajstić information content (AvgIpc) is 2.74. The van der Waals surface area contributed by atoms with Gasteiger partial charge in [0.1, 0.15) is 10.7 Å². The predicted octanol–water partition coefficient (Wildman–Crippen LogP) is 3.13. The van der Waals surface area contributed by atoms with Gasteiger partial charge in [0, 0.05) is 11.8 Å². The summed E-state index contributed by atoms with van der Waals surface area (Å²) in [7, 11) is 0. The lowest BCUT2D eigenvalue weighted by Gasteiger charge is -1.93. The number of anilines is 1. The smallest absolute Gasteiger partial charge is 0.227 e. The van der Waals surface area contributed by atoms with E-state index >= 15 is 0 Å². The maximum Gasteiger partial charge on any atom is 0.227 e. The molecule has 3 rings (SSSR count). The SMILES string of the molecule is Nc1cccc2oc(-c3ccnc(Cl)c3)nc12. The Morgan fingerprint density at radius 2 is 2.12 bits per heavy atom. The van der Waals surface area contributed by atoms with Crippen LogP contribution in [0, 0.1) is 0 Å². The van der Waals surface area contributed by atoms with E-state index in [9.17, 15) is 0 Å². The fourth-order valence-corrected chi connectivity index (χ4v) is 1.80. The van der Waals surface area contributed by atoms with Crippen molar-refractivity contribution in [3.05, 3.63) is 41.7 Å². The van der Waals surface area contributed by atoms with E-state index in [0.717, 1.165) is 5.56 Å². The first kappa shape index (κ1) is 10.1. The first-order valence-corrected chi connectivity index (χ1v) is 5.39. The molecule has 5 heteroatoms. The van der Waals surface area contributed by atoms with Crippen molar-refractivity contribution in [2.45, 2.75) is 0 Å². The van der Waals surface area contributed by atoms with E-state index in [-0.39, 0.29) is 0 Å². The second kappa shape index (κ2) is 3.75. The molecule has 1 aromatic carbocycles. The van der Waals surface area contributed by atoms with Gasteiger partial charge in [0.05, 0.1) is 5.69 Å². The second-order valence-corrected chi connectivity index (χ2v) is 3.97. The van der Waals surface area contributed by atoms with Gasteiger partial charge in [-0.25, -0.2) is 9.97 Å². The van der Waals surface area contributed by atoms with Crippen molar-refractivity contribution in [2.24, 2.45) is 0 Å². The van der Waals surface area contributed by atoms with Gasteiger partial charge in [0.15, 0.2) is 5.58 Å². The molecule has 0 unspecified atom stereocenters. The van der Waals surface area contributed by atoms with E-state index in [0.29, 0.717) is 27.8 Å². The van der Waals surface area contributed by atoms with Crippen molar-refractivity contribution in [3.8, 4) is 11.5 Å².